The van der Waals surface area contributed by atoms with Crippen LogP contribution in [0.1, 0.15) is 5.56 Å². The molecule has 0 amide bonds. The average Bonchev–Trinajstić information content (AvgIpc) is 2.72. The monoisotopic (exact) mass is 298 g/mol. The van der Waals surface area contributed by atoms with E-state index >= 15 is 0 Å². The minimum absolute atomic E-state index is 0.260. The maximum atomic E-state index is 12.8. The number of hydrogen-bond donors (Lipinski definition) is 2. The highest BCUT2D eigenvalue weighted by Gasteiger charge is 2.08. The van der Waals surface area contributed by atoms with Crippen LogP contribution in [-0.4, -0.2) is 21.9 Å². The molecule has 1 heterocycles. The first-order chi connectivity index (χ1) is 9.08. The minimum Gasteiger partial charge on any atom is -0.365 e. The number of rotatable bonds is 3. The van der Waals surface area contributed by atoms with Crippen LogP contribution < -0.4 is 10.6 Å². The standard InChI is InChI=1S/C12H12ClFN4S/c1-15-12(19)16-11-10(13)7-18(17-11)6-8-2-4-9(14)5-3-8/h2-5,7H,6H2,1H3,(H2,15,16,17,19). The lowest BCUT2D eigenvalue weighted by Gasteiger charge is -2.04. The van der Waals surface area contributed by atoms with Crippen LogP contribution in [0.2, 0.25) is 5.02 Å². The van der Waals surface area contributed by atoms with E-state index in [9.17, 15) is 4.39 Å². The molecule has 0 unspecified atom stereocenters. The van der Waals surface area contributed by atoms with Crippen molar-refractivity contribution in [3.8, 4) is 0 Å². The third kappa shape index (κ3) is 3.65. The molecule has 1 aromatic heterocycles. The Kier molecular flexibility index (Phi) is 4.34. The normalized spacial score (nSPS) is 10.3. The molecular formula is C12H12ClFN4S. The zero-order valence-electron chi connectivity index (χ0n) is 10.2. The van der Waals surface area contributed by atoms with Gasteiger partial charge < -0.3 is 10.6 Å². The van der Waals surface area contributed by atoms with Gasteiger partial charge in [-0.3, -0.25) is 4.68 Å². The second kappa shape index (κ2) is 5.99. The lowest BCUT2D eigenvalue weighted by Crippen LogP contribution is -2.24. The molecule has 0 aliphatic carbocycles. The Labute approximate surface area is 120 Å². The molecule has 0 aliphatic heterocycles. The molecular weight excluding hydrogens is 287 g/mol. The smallest absolute Gasteiger partial charge is 0.173 e. The SMILES string of the molecule is CNC(=S)Nc1nn(Cc2ccc(F)cc2)cc1Cl. The van der Waals surface area contributed by atoms with Gasteiger partial charge in [0.1, 0.15) is 10.8 Å². The lowest BCUT2D eigenvalue weighted by atomic mass is 10.2. The molecule has 0 bridgehead atoms. The summed E-state index contributed by atoms with van der Waals surface area (Å²) in [5.41, 5.74) is 0.934. The van der Waals surface area contributed by atoms with Crippen LogP contribution in [0.25, 0.3) is 0 Å². The number of halogens is 2. The van der Waals surface area contributed by atoms with Gasteiger partial charge in [-0.1, -0.05) is 23.7 Å². The van der Waals surface area contributed by atoms with Gasteiger partial charge >= 0.3 is 0 Å². The van der Waals surface area contributed by atoms with E-state index in [0.29, 0.717) is 22.5 Å². The molecule has 0 spiro atoms. The van der Waals surface area contributed by atoms with Crippen LogP contribution in [0.15, 0.2) is 30.5 Å². The Morgan fingerprint density at radius 1 is 1.42 bits per heavy atom. The van der Waals surface area contributed by atoms with Gasteiger partial charge in [-0.25, -0.2) is 4.39 Å². The summed E-state index contributed by atoms with van der Waals surface area (Å²) in [5.74, 6) is 0.229. The van der Waals surface area contributed by atoms with E-state index in [1.54, 1.807) is 30.1 Å². The summed E-state index contributed by atoms with van der Waals surface area (Å²) in [4.78, 5) is 0. The lowest BCUT2D eigenvalue weighted by molar-refractivity contribution is 0.624. The van der Waals surface area contributed by atoms with Crippen molar-refractivity contribution in [3.05, 3.63) is 46.9 Å². The van der Waals surface area contributed by atoms with E-state index in [0.717, 1.165) is 5.56 Å². The molecule has 1 aromatic carbocycles. The Morgan fingerprint density at radius 2 is 2.11 bits per heavy atom. The quantitative estimate of drug-likeness (QED) is 0.855. The molecule has 0 fully saturated rings. The number of hydrogen-bond acceptors (Lipinski definition) is 2. The molecule has 0 aliphatic rings. The molecule has 0 saturated heterocycles. The van der Waals surface area contributed by atoms with E-state index < -0.39 is 0 Å². The van der Waals surface area contributed by atoms with Crippen LogP contribution in [0, 0.1) is 5.82 Å². The average molecular weight is 299 g/mol. The Bertz CT molecular complexity index is 582. The van der Waals surface area contributed by atoms with Gasteiger partial charge in [0.15, 0.2) is 10.9 Å². The van der Waals surface area contributed by atoms with E-state index in [4.69, 9.17) is 23.8 Å². The first-order valence-corrected chi connectivity index (χ1v) is 6.33. The van der Waals surface area contributed by atoms with Crippen molar-refractivity contribution < 1.29 is 4.39 Å². The predicted octanol–water partition coefficient (Wildman–Crippen LogP) is 2.64. The molecule has 2 rings (SSSR count). The largest absolute Gasteiger partial charge is 0.365 e. The fraction of sp³-hybridized carbons (Fsp3) is 0.167. The van der Waals surface area contributed by atoms with Gasteiger partial charge in [0.25, 0.3) is 0 Å². The van der Waals surface area contributed by atoms with Crippen LogP contribution in [0.4, 0.5) is 10.2 Å². The molecule has 0 atom stereocenters. The highest BCUT2D eigenvalue weighted by atomic mass is 35.5. The summed E-state index contributed by atoms with van der Waals surface area (Å²) >= 11 is 11.0. The number of thiocarbonyl (C=S) groups is 1. The molecule has 4 nitrogen and oxygen atoms in total. The first-order valence-electron chi connectivity index (χ1n) is 5.54. The topological polar surface area (TPSA) is 41.9 Å². The maximum Gasteiger partial charge on any atom is 0.173 e. The molecule has 2 N–H and O–H groups in total. The van der Waals surface area contributed by atoms with Crippen molar-refractivity contribution in [1.82, 2.24) is 15.1 Å². The predicted molar refractivity (Wildman–Crippen MR) is 78.0 cm³/mol. The van der Waals surface area contributed by atoms with E-state index in [1.807, 2.05) is 0 Å². The van der Waals surface area contributed by atoms with Crippen molar-refractivity contribution in [1.29, 1.82) is 0 Å². The maximum absolute atomic E-state index is 12.8. The number of aromatic nitrogens is 2. The second-order valence-electron chi connectivity index (χ2n) is 3.85. The van der Waals surface area contributed by atoms with Gasteiger partial charge in [0.2, 0.25) is 0 Å². The van der Waals surface area contributed by atoms with Crippen LogP contribution >= 0.6 is 23.8 Å². The number of benzene rings is 1. The van der Waals surface area contributed by atoms with Crippen LogP contribution in [0.3, 0.4) is 0 Å². The van der Waals surface area contributed by atoms with Gasteiger partial charge in [0.05, 0.1) is 6.54 Å². The molecule has 100 valence electrons. The number of nitrogens with one attached hydrogen (secondary N) is 2. The van der Waals surface area contributed by atoms with Crippen LogP contribution in [0.5, 0.6) is 0 Å². The van der Waals surface area contributed by atoms with Crippen molar-refractivity contribution in [3.63, 3.8) is 0 Å². The summed E-state index contributed by atoms with van der Waals surface area (Å²) in [5, 5.41) is 10.8. The van der Waals surface area contributed by atoms with Crippen LogP contribution in [-0.2, 0) is 6.54 Å². The summed E-state index contributed by atoms with van der Waals surface area (Å²) < 4.78 is 14.5. The molecule has 0 saturated carbocycles. The van der Waals surface area contributed by atoms with Gasteiger partial charge in [-0.05, 0) is 29.9 Å². The summed E-state index contributed by atoms with van der Waals surface area (Å²) in [7, 11) is 1.71. The second-order valence-corrected chi connectivity index (χ2v) is 4.67. The first kappa shape index (κ1) is 13.8. The Hall–Kier alpha value is -1.66. The van der Waals surface area contributed by atoms with Gasteiger partial charge in [0, 0.05) is 13.2 Å². The summed E-state index contributed by atoms with van der Waals surface area (Å²) in [6.45, 7) is 0.508. The van der Waals surface area contributed by atoms with Crippen molar-refractivity contribution in [2.45, 2.75) is 6.54 Å². The molecule has 2 aromatic rings. The van der Waals surface area contributed by atoms with Crippen molar-refractivity contribution in [2.75, 3.05) is 12.4 Å². The Morgan fingerprint density at radius 3 is 2.74 bits per heavy atom. The van der Waals surface area contributed by atoms with Gasteiger partial charge in [-0.2, -0.15) is 5.10 Å². The van der Waals surface area contributed by atoms with E-state index in [-0.39, 0.29) is 5.82 Å². The zero-order chi connectivity index (χ0) is 13.8. The summed E-state index contributed by atoms with van der Waals surface area (Å²) in [6.07, 6.45) is 1.69. The molecule has 19 heavy (non-hydrogen) atoms. The number of nitrogens with zero attached hydrogens (tertiary/aromatic N) is 2. The highest BCUT2D eigenvalue weighted by Crippen LogP contribution is 2.19. The van der Waals surface area contributed by atoms with Crippen molar-refractivity contribution in [2.24, 2.45) is 0 Å². The van der Waals surface area contributed by atoms with Gasteiger partial charge in [-0.15, -0.1) is 0 Å². The fourth-order valence-corrected chi connectivity index (χ4v) is 1.80. The third-order valence-electron chi connectivity index (χ3n) is 2.43. The van der Waals surface area contributed by atoms with E-state index in [2.05, 4.69) is 15.7 Å². The summed E-state index contributed by atoms with van der Waals surface area (Å²) in [6, 6.07) is 6.23. The third-order valence-corrected chi connectivity index (χ3v) is 3.02. The fourth-order valence-electron chi connectivity index (χ4n) is 1.51. The molecule has 7 heteroatoms. The number of anilines is 1. The minimum atomic E-state index is -0.260. The molecule has 0 radical (unpaired) electrons. The zero-order valence-corrected chi connectivity index (χ0v) is 11.7. The van der Waals surface area contributed by atoms with Crippen molar-refractivity contribution >= 4 is 34.7 Å². The van der Waals surface area contributed by atoms with E-state index in [1.165, 1.54) is 12.1 Å². The highest BCUT2D eigenvalue weighted by molar-refractivity contribution is 7.80. The Balaban J connectivity index is 2.11.